The number of nitrogens with one attached hydrogen (secondary N) is 1. The van der Waals surface area contributed by atoms with E-state index in [1.807, 2.05) is 11.6 Å². The number of rotatable bonds is 5. The number of benzene rings is 1. The van der Waals surface area contributed by atoms with Crippen LogP contribution in [-0.2, 0) is 11.3 Å². The molecule has 164 valence electrons. The third-order valence-electron chi connectivity index (χ3n) is 6.73. The van der Waals surface area contributed by atoms with Crippen molar-refractivity contribution in [3.63, 3.8) is 0 Å². The van der Waals surface area contributed by atoms with Gasteiger partial charge in [0, 0.05) is 17.6 Å². The predicted octanol–water partition coefficient (Wildman–Crippen LogP) is 2.89. The summed E-state index contributed by atoms with van der Waals surface area (Å²) < 4.78 is 7.67. The van der Waals surface area contributed by atoms with Crippen LogP contribution in [0.4, 0.5) is 0 Å². The van der Waals surface area contributed by atoms with Crippen molar-refractivity contribution in [1.82, 2.24) is 30.1 Å². The van der Waals surface area contributed by atoms with Gasteiger partial charge in [-0.2, -0.15) is 0 Å². The Morgan fingerprint density at radius 2 is 1.97 bits per heavy atom. The molecule has 2 aliphatic rings. The molecule has 2 saturated heterocycles. The Bertz CT molecular complexity index is 1120. The van der Waals surface area contributed by atoms with Gasteiger partial charge in [-0.3, -0.25) is 9.69 Å². The number of hydrogen-bond donors (Lipinski definition) is 1. The average Bonchev–Trinajstić information content (AvgIpc) is 3.46. The van der Waals surface area contributed by atoms with E-state index in [1.165, 1.54) is 6.42 Å². The number of H-pyrrole nitrogens is 1. The number of aromatic amines is 1. The van der Waals surface area contributed by atoms with E-state index in [2.05, 4.69) is 50.5 Å². The number of hydrogen-bond acceptors (Lipinski definition) is 6. The minimum absolute atomic E-state index is 0.0663. The average molecular weight is 423 g/mol. The number of ether oxygens (including phenoxy) is 1. The first-order valence-corrected chi connectivity index (χ1v) is 11.4. The van der Waals surface area contributed by atoms with Crippen LogP contribution in [0.2, 0.25) is 0 Å². The molecule has 2 aliphatic heterocycles. The zero-order valence-corrected chi connectivity index (χ0v) is 18.3. The summed E-state index contributed by atoms with van der Waals surface area (Å²) in [5.74, 6) is 0.729. The van der Waals surface area contributed by atoms with Crippen LogP contribution >= 0.6 is 0 Å². The van der Waals surface area contributed by atoms with Gasteiger partial charge in [0.1, 0.15) is 6.04 Å². The predicted molar refractivity (Wildman–Crippen MR) is 118 cm³/mol. The summed E-state index contributed by atoms with van der Waals surface area (Å²) in [6, 6.07) is 5.94. The zero-order chi connectivity index (χ0) is 21.4. The smallest absolute Gasteiger partial charge is 0.253 e. The van der Waals surface area contributed by atoms with E-state index in [1.54, 1.807) is 0 Å². The van der Waals surface area contributed by atoms with Gasteiger partial charge in [0.15, 0.2) is 5.82 Å². The maximum Gasteiger partial charge on any atom is 0.253 e. The van der Waals surface area contributed by atoms with Crippen LogP contribution in [0.1, 0.15) is 60.7 Å². The largest absolute Gasteiger partial charge is 0.376 e. The van der Waals surface area contributed by atoms with Gasteiger partial charge < -0.3 is 9.72 Å². The number of fused-ring (bicyclic) bond motifs is 1. The van der Waals surface area contributed by atoms with Gasteiger partial charge in [0.05, 0.1) is 18.2 Å². The lowest BCUT2D eigenvalue weighted by molar-refractivity contribution is 0.0902. The Hall–Kier alpha value is -2.58. The normalized spacial score (nSPS) is 21.0. The summed E-state index contributed by atoms with van der Waals surface area (Å²) in [4.78, 5) is 18.9. The molecule has 2 aromatic heterocycles. The van der Waals surface area contributed by atoms with Crippen LogP contribution in [0.3, 0.4) is 0 Å². The van der Waals surface area contributed by atoms with Gasteiger partial charge in [-0.15, -0.1) is 5.10 Å². The molecule has 2 atom stereocenters. The molecule has 3 aromatic rings. The van der Waals surface area contributed by atoms with Crippen molar-refractivity contribution in [2.45, 2.75) is 64.6 Å². The first-order valence-electron chi connectivity index (χ1n) is 11.4. The number of nitrogens with zero attached hydrogens (tertiary/aromatic N) is 5. The van der Waals surface area contributed by atoms with Crippen molar-refractivity contribution in [2.75, 3.05) is 19.7 Å². The van der Waals surface area contributed by atoms with E-state index in [0.29, 0.717) is 12.1 Å². The molecular weight excluding hydrogens is 392 g/mol. The van der Waals surface area contributed by atoms with Crippen molar-refractivity contribution < 1.29 is 4.74 Å². The molecule has 0 unspecified atom stereocenters. The second kappa shape index (κ2) is 8.51. The Morgan fingerprint density at radius 1 is 1.16 bits per heavy atom. The van der Waals surface area contributed by atoms with E-state index in [-0.39, 0.29) is 17.7 Å². The number of aromatic nitrogens is 5. The maximum atomic E-state index is 13.3. The minimum Gasteiger partial charge on any atom is -0.376 e. The molecule has 8 heteroatoms. The highest BCUT2D eigenvalue weighted by atomic mass is 16.5. The third-order valence-corrected chi connectivity index (χ3v) is 6.73. The van der Waals surface area contributed by atoms with Crippen molar-refractivity contribution >= 4 is 10.9 Å². The maximum absolute atomic E-state index is 13.3. The second-order valence-corrected chi connectivity index (χ2v) is 8.90. The van der Waals surface area contributed by atoms with Gasteiger partial charge in [-0.1, -0.05) is 18.6 Å². The highest BCUT2D eigenvalue weighted by Crippen LogP contribution is 2.31. The molecule has 0 saturated carbocycles. The van der Waals surface area contributed by atoms with Crippen LogP contribution in [0, 0.1) is 13.8 Å². The summed E-state index contributed by atoms with van der Waals surface area (Å²) in [5.41, 5.74) is 3.77. The van der Waals surface area contributed by atoms with Crippen LogP contribution in [-0.4, -0.2) is 55.9 Å². The van der Waals surface area contributed by atoms with Crippen LogP contribution in [0.15, 0.2) is 23.0 Å². The van der Waals surface area contributed by atoms with Gasteiger partial charge in [-0.25, -0.2) is 4.68 Å². The Morgan fingerprint density at radius 3 is 2.74 bits per heavy atom. The molecule has 4 heterocycles. The summed E-state index contributed by atoms with van der Waals surface area (Å²) >= 11 is 0. The summed E-state index contributed by atoms with van der Waals surface area (Å²) in [7, 11) is 0. The van der Waals surface area contributed by atoms with Crippen molar-refractivity contribution in [3.8, 4) is 0 Å². The lowest BCUT2D eigenvalue weighted by atomic mass is 9.98. The molecule has 0 aliphatic carbocycles. The number of aryl methyl sites for hydroxylation is 2. The molecule has 0 spiro atoms. The Labute approximate surface area is 181 Å². The van der Waals surface area contributed by atoms with Gasteiger partial charge in [-0.05, 0) is 80.2 Å². The fourth-order valence-corrected chi connectivity index (χ4v) is 4.99. The Balaban J connectivity index is 1.63. The molecule has 0 amide bonds. The van der Waals surface area contributed by atoms with Crippen molar-refractivity contribution in [2.24, 2.45) is 0 Å². The summed E-state index contributed by atoms with van der Waals surface area (Å²) in [6.45, 7) is 7.39. The minimum atomic E-state index is -0.273. The third kappa shape index (κ3) is 3.90. The SMILES string of the molecule is Cc1ccc(C)c2[nH]c(=O)c([C@@H](c3nnnn3C[C@H]3CCCO3)N3CCCCC3)cc12. The van der Waals surface area contributed by atoms with Crippen LogP contribution < -0.4 is 5.56 Å². The number of pyridine rings is 1. The molecule has 2 fully saturated rings. The molecule has 0 radical (unpaired) electrons. The standard InChI is InChI=1S/C23H30N6O2/c1-15-8-9-16(2)20-18(15)13-19(23(30)24-20)21(28-10-4-3-5-11-28)22-25-26-27-29(22)14-17-7-6-12-31-17/h8-9,13,17,21H,3-7,10-12,14H2,1-2H3,(H,24,30)/t17-,21+/m1/s1. The van der Waals surface area contributed by atoms with Crippen molar-refractivity contribution in [3.05, 3.63) is 51.1 Å². The first-order chi connectivity index (χ1) is 15.1. The fourth-order valence-electron chi connectivity index (χ4n) is 4.99. The summed E-state index contributed by atoms with van der Waals surface area (Å²) in [5, 5.41) is 13.8. The van der Waals surface area contributed by atoms with E-state index in [4.69, 9.17) is 4.74 Å². The molecule has 5 rings (SSSR count). The molecule has 31 heavy (non-hydrogen) atoms. The highest BCUT2D eigenvalue weighted by molar-refractivity contribution is 5.85. The monoisotopic (exact) mass is 422 g/mol. The molecule has 1 N–H and O–H groups in total. The van der Waals surface area contributed by atoms with E-state index in [9.17, 15) is 4.79 Å². The Kier molecular flexibility index (Phi) is 5.58. The van der Waals surface area contributed by atoms with Crippen molar-refractivity contribution in [1.29, 1.82) is 0 Å². The van der Waals surface area contributed by atoms with Gasteiger partial charge in [0.25, 0.3) is 5.56 Å². The van der Waals surface area contributed by atoms with E-state index < -0.39 is 0 Å². The van der Waals surface area contributed by atoms with Crippen LogP contribution in [0.25, 0.3) is 10.9 Å². The zero-order valence-electron chi connectivity index (χ0n) is 18.3. The van der Waals surface area contributed by atoms with Gasteiger partial charge in [0.2, 0.25) is 0 Å². The van der Waals surface area contributed by atoms with E-state index in [0.717, 1.165) is 73.2 Å². The lowest BCUT2D eigenvalue weighted by Crippen LogP contribution is -2.39. The van der Waals surface area contributed by atoms with Gasteiger partial charge >= 0.3 is 0 Å². The van der Waals surface area contributed by atoms with E-state index >= 15 is 0 Å². The van der Waals surface area contributed by atoms with Crippen LogP contribution in [0.5, 0.6) is 0 Å². The quantitative estimate of drug-likeness (QED) is 0.680. The molecule has 1 aromatic carbocycles. The topological polar surface area (TPSA) is 88.9 Å². The lowest BCUT2D eigenvalue weighted by Gasteiger charge is -2.33. The summed E-state index contributed by atoms with van der Waals surface area (Å²) in [6.07, 6.45) is 5.67. The molecule has 0 bridgehead atoms. The number of piperidine rings is 1. The fraction of sp³-hybridized carbons (Fsp3) is 0.565. The first kappa shape index (κ1) is 20.3. The molecular formula is C23H30N6O2. The number of tetrazole rings is 1. The number of likely N-dealkylation sites (tertiary alicyclic amines) is 1. The second-order valence-electron chi connectivity index (χ2n) is 8.90. The molecule has 8 nitrogen and oxygen atoms in total. The highest BCUT2D eigenvalue weighted by Gasteiger charge is 2.32.